The summed E-state index contributed by atoms with van der Waals surface area (Å²) in [7, 11) is -0.260. The van der Waals surface area contributed by atoms with Crippen LogP contribution >= 0.6 is 0 Å². The summed E-state index contributed by atoms with van der Waals surface area (Å²) in [6.45, 7) is 0.269. The van der Waals surface area contributed by atoms with Crippen molar-refractivity contribution in [3.05, 3.63) is 39.9 Å². The van der Waals surface area contributed by atoms with Gasteiger partial charge in [-0.3, -0.25) is 10.1 Å². The van der Waals surface area contributed by atoms with Crippen LogP contribution in [0.4, 0.5) is 5.69 Å². The molecule has 0 aliphatic heterocycles. The summed E-state index contributed by atoms with van der Waals surface area (Å²) < 4.78 is 10.2. The van der Waals surface area contributed by atoms with Gasteiger partial charge in [0.25, 0.3) is 15.7 Å². The first-order valence-corrected chi connectivity index (χ1v) is 6.02. The van der Waals surface area contributed by atoms with Gasteiger partial charge in [-0.15, -0.1) is 0 Å². The van der Waals surface area contributed by atoms with Gasteiger partial charge in [-0.1, -0.05) is 12.1 Å². The molecule has 0 fully saturated rings. The molecule has 1 aromatic carbocycles. The fourth-order valence-corrected chi connectivity index (χ4v) is 2.02. The van der Waals surface area contributed by atoms with Crippen molar-refractivity contribution in [2.75, 3.05) is 0 Å². The van der Waals surface area contributed by atoms with E-state index in [0.717, 1.165) is 0 Å². The number of nitro groups is 1. The molecule has 76 valence electrons. The number of nitrogens with zero attached hydrogens (tertiary/aromatic N) is 1. The third kappa shape index (κ3) is 3.03. The predicted molar refractivity (Wildman–Crippen MR) is 57.5 cm³/mol. The molecule has 1 aromatic rings. The Kier molecular flexibility index (Phi) is 4.46. The van der Waals surface area contributed by atoms with Gasteiger partial charge in [0, 0.05) is 6.07 Å². The van der Waals surface area contributed by atoms with Gasteiger partial charge in [0.05, 0.1) is 17.1 Å². The summed E-state index contributed by atoms with van der Waals surface area (Å²) in [4.78, 5) is 10.2. The van der Waals surface area contributed by atoms with Crippen molar-refractivity contribution < 1.29 is 13.5 Å². The second-order valence-electron chi connectivity index (χ2n) is 2.64. The summed E-state index contributed by atoms with van der Waals surface area (Å²) >= 11 is 0. The fourth-order valence-electron chi connectivity index (χ4n) is 1.05. The van der Waals surface area contributed by atoms with Crippen molar-refractivity contribution in [2.45, 2.75) is 6.61 Å². The lowest BCUT2D eigenvalue weighted by Gasteiger charge is -2.03. The maximum Gasteiger partial charge on any atom is 0.293 e. The van der Waals surface area contributed by atoms with Crippen LogP contribution in [-0.2, 0) is 15.1 Å². The van der Waals surface area contributed by atoms with Crippen LogP contribution in [0.2, 0.25) is 0 Å². The zero-order valence-electron chi connectivity index (χ0n) is 7.80. The van der Waals surface area contributed by atoms with E-state index in [2.05, 4.69) is 0 Å². The van der Waals surface area contributed by atoms with Crippen LogP contribution in [0.25, 0.3) is 0 Å². The molecular weight excluding hydrogens is 218 g/mol. The SMILES string of the molecule is O=[N+]([O-])c1ccccc1CO[SiH2]O[SiH3]. The molecule has 14 heavy (non-hydrogen) atoms. The lowest BCUT2D eigenvalue weighted by Crippen LogP contribution is -2.04. The molecule has 0 atom stereocenters. The normalized spacial score (nSPS) is 11.1. The van der Waals surface area contributed by atoms with Gasteiger partial charge in [0.1, 0.15) is 10.5 Å². The first-order valence-electron chi connectivity index (χ1n) is 4.04. The van der Waals surface area contributed by atoms with Crippen molar-refractivity contribution in [3.8, 4) is 0 Å². The second-order valence-corrected chi connectivity index (χ2v) is 5.59. The molecular formula is C7H11NO4Si2. The van der Waals surface area contributed by atoms with Crippen molar-refractivity contribution >= 4 is 26.2 Å². The highest BCUT2D eigenvalue weighted by Gasteiger charge is 2.11. The Morgan fingerprint density at radius 2 is 2.21 bits per heavy atom. The Morgan fingerprint density at radius 3 is 2.86 bits per heavy atom. The molecule has 0 bridgehead atoms. The molecule has 0 aliphatic carbocycles. The number of hydrogen-bond donors (Lipinski definition) is 0. The van der Waals surface area contributed by atoms with E-state index < -0.39 is 14.9 Å². The summed E-state index contributed by atoms with van der Waals surface area (Å²) in [5.74, 6) is 0. The fraction of sp³-hybridized carbons (Fsp3) is 0.143. The zero-order chi connectivity index (χ0) is 10.4. The molecule has 0 aliphatic rings. The first-order chi connectivity index (χ1) is 6.75. The Hall–Kier alpha value is -1.03. The van der Waals surface area contributed by atoms with Gasteiger partial charge in [-0.25, -0.2) is 0 Å². The molecule has 0 saturated carbocycles. The predicted octanol–water partition coefficient (Wildman–Crippen LogP) is -0.593. The minimum atomic E-state index is -0.924. The Morgan fingerprint density at radius 1 is 1.50 bits per heavy atom. The molecule has 1 rings (SSSR count). The van der Waals surface area contributed by atoms with Crippen LogP contribution in [0, 0.1) is 10.1 Å². The van der Waals surface area contributed by atoms with Crippen LogP contribution < -0.4 is 0 Å². The monoisotopic (exact) mass is 229 g/mol. The quantitative estimate of drug-likeness (QED) is 0.293. The third-order valence-corrected chi connectivity index (χ3v) is 2.96. The standard InChI is InChI=1S/C7H11NO4Si2/c9-8(10)7-4-2-1-3-6(7)5-11-14-12-13/h1-4H,5,14H2,13H3. The molecule has 0 aromatic heterocycles. The van der Waals surface area contributed by atoms with E-state index in [1.54, 1.807) is 18.2 Å². The number of hydrogen-bond acceptors (Lipinski definition) is 4. The lowest BCUT2D eigenvalue weighted by atomic mass is 10.2. The number of benzene rings is 1. The second kappa shape index (κ2) is 5.65. The van der Waals surface area contributed by atoms with E-state index >= 15 is 0 Å². The minimum absolute atomic E-state index is 0.106. The average Bonchev–Trinajstić information content (AvgIpc) is 2.19. The van der Waals surface area contributed by atoms with E-state index in [-0.39, 0.29) is 12.3 Å². The number of para-hydroxylation sites is 1. The van der Waals surface area contributed by atoms with Crippen molar-refractivity contribution in [1.29, 1.82) is 0 Å². The smallest absolute Gasteiger partial charge is 0.293 e. The Bertz CT molecular complexity index is 320. The molecule has 0 unspecified atom stereocenters. The van der Waals surface area contributed by atoms with Crippen molar-refractivity contribution in [2.24, 2.45) is 0 Å². The van der Waals surface area contributed by atoms with Gasteiger partial charge in [-0.05, 0) is 6.07 Å². The van der Waals surface area contributed by atoms with Crippen LogP contribution in [0.1, 0.15) is 5.56 Å². The summed E-state index contributed by atoms with van der Waals surface area (Å²) in [6, 6.07) is 6.57. The van der Waals surface area contributed by atoms with Gasteiger partial charge in [0.15, 0.2) is 0 Å². The van der Waals surface area contributed by atoms with Gasteiger partial charge in [0.2, 0.25) is 0 Å². The van der Waals surface area contributed by atoms with E-state index in [9.17, 15) is 10.1 Å². The number of rotatable bonds is 5. The molecule has 0 spiro atoms. The van der Waals surface area contributed by atoms with Crippen LogP contribution in [-0.4, -0.2) is 25.4 Å². The largest absolute Gasteiger partial charge is 0.449 e. The van der Waals surface area contributed by atoms with Gasteiger partial charge >= 0.3 is 0 Å². The first kappa shape index (κ1) is 11.1. The third-order valence-electron chi connectivity index (χ3n) is 1.65. The average molecular weight is 229 g/mol. The van der Waals surface area contributed by atoms with Crippen LogP contribution in [0.15, 0.2) is 24.3 Å². The zero-order valence-corrected chi connectivity index (χ0v) is 11.2. The Labute approximate surface area is 86.8 Å². The van der Waals surface area contributed by atoms with Gasteiger partial charge in [-0.2, -0.15) is 0 Å². The molecule has 0 N–H and O–H groups in total. The van der Waals surface area contributed by atoms with E-state index in [0.29, 0.717) is 16.0 Å². The van der Waals surface area contributed by atoms with Gasteiger partial charge < -0.3 is 8.54 Å². The maximum atomic E-state index is 10.6. The molecule has 0 radical (unpaired) electrons. The highest BCUT2D eigenvalue weighted by atomic mass is 28.3. The molecule has 0 heterocycles. The van der Waals surface area contributed by atoms with E-state index in [1.807, 2.05) is 0 Å². The molecule has 5 nitrogen and oxygen atoms in total. The maximum absolute atomic E-state index is 10.6. The van der Waals surface area contributed by atoms with Crippen molar-refractivity contribution in [1.82, 2.24) is 0 Å². The molecule has 0 amide bonds. The van der Waals surface area contributed by atoms with Crippen LogP contribution in [0.5, 0.6) is 0 Å². The van der Waals surface area contributed by atoms with Crippen LogP contribution in [0.3, 0.4) is 0 Å². The topological polar surface area (TPSA) is 61.6 Å². The van der Waals surface area contributed by atoms with E-state index in [4.69, 9.17) is 8.54 Å². The van der Waals surface area contributed by atoms with E-state index in [1.165, 1.54) is 6.07 Å². The minimum Gasteiger partial charge on any atom is -0.449 e. The summed E-state index contributed by atoms with van der Waals surface area (Å²) in [5, 5.41) is 10.6. The summed E-state index contributed by atoms with van der Waals surface area (Å²) in [5.41, 5.74) is 0.707. The van der Waals surface area contributed by atoms with Crippen molar-refractivity contribution in [3.63, 3.8) is 0 Å². The highest BCUT2D eigenvalue weighted by Crippen LogP contribution is 2.17. The highest BCUT2D eigenvalue weighted by molar-refractivity contribution is 6.27. The summed E-state index contributed by atoms with van der Waals surface area (Å²) in [6.07, 6.45) is 0. The Balaban J connectivity index is 2.69. The lowest BCUT2D eigenvalue weighted by molar-refractivity contribution is -0.385. The molecule has 7 heteroatoms. The number of nitro benzene ring substituents is 1. The molecule has 0 saturated heterocycles.